The molecule has 0 heterocycles. The Morgan fingerprint density at radius 2 is 1.68 bits per heavy atom. The van der Waals surface area contributed by atoms with Gasteiger partial charge in [0.15, 0.2) is 0 Å². The van der Waals surface area contributed by atoms with Gasteiger partial charge in [0, 0.05) is 27.2 Å². The zero-order valence-electron chi connectivity index (χ0n) is 17.5. The predicted molar refractivity (Wildman–Crippen MR) is 120 cm³/mol. The number of nitrogens with one attached hydrogen (secondary N) is 2. The quantitative estimate of drug-likeness (QED) is 0.507. The second-order valence-corrected chi connectivity index (χ2v) is 10.2. The minimum atomic E-state index is -2.86. The fourth-order valence-electron chi connectivity index (χ4n) is 3.83. The minimum absolute atomic E-state index is 0.0758. The highest BCUT2D eigenvalue weighted by atomic mass is 32.2. The SMILES string of the molecule is CCCCS(=N)(=O)CCC(NC(=O)OCC1c2ccccc2-c2ccccc21)C(=O)O. The van der Waals surface area contributed by atoms with Gasteiger partial charge < -0.3 is 15.2 Å². The summed E-state index contributed by atoms with van der Waals surface area (Å²) in [5.41, 5.74) is 4.34. The van der Waals surface area contributed by atoms with E-state index in [0.29, 0.717) is 6.42 Å². The van der Waals surface area contributed by atoms with E-state index in [0.717, 1.165) is 28.7 Å². The Morgan fingerprint density at radius 3 is 2.23 bits per heavy atom. The number of hydrogen-bond acceptors (Lipinski definition) is 5. The van der Waals surface area contributed by atoms with E-state index in [-0.39, 0.29) is 30.5 Å². The van der Waals surface area contributed by atoms with Gasteiger partial charge in [-0.15, -0.1) is 0 Å². The van der Waals surface area contributed by atoms with Crippen LogP contribution in [0.1, 0.15) is 43.2 Å². The van der Waals surface area contributed by atoms with Gasteiger partial charge in [0.05, 0.1) is 0 Å². The average Bonchev–Trinajstić information content (AvgIpc) is 3.07. The fraction of sp³-hybridized carbons (Fsp3) is 0.391. The molecule has 2 aromatic rings. The highest BCUT2D eigenvalue weighted by Gasteiger charge is 2.30. The van der Waals surface area contributed by atoms with Gasteiger partial charge in [-0.2, -0.15) is 0 Å². The number of ether oxygens (including phenoxy) is 1. The first-order chi connectivity index (χ1) is 14.8. The van der Waals surface area contributed by atoms with Crippen molar-refractivity contribution in [3.8, 4) is 11.1 Å². The Kier molecular flexibility index (Phi) is 7.33. The van der Waals surface area contributed by atoms with E-state index in [1.54, 1.807) is 0 Å². The fourth-order valence-corrected chi connectivity index (χ4v) is 5.40. The number of unbranched alkanes of at least 4 members (excludes halogenated alkanes) is 1. The van der Waals surface area contributed by atoms with Crippen LogP contribution < -0.4 is 5.32 Å². The molecule has 2 atom stereocenters. The van der Waals surface area contributed by atoms with E-state index in [9.17, 15) is 18.9 Å². The van der Waals surface area contributed by atoms with Crippen molar-refractivity contribution in [2.75, 3.05) is 18.1 Å². The lowest BCUT2D eigenvalue weighted by molar-refractivity contribution is -0.139. The molecular formula is C23H28N2O5S. The van der Waals surface area contributed by atoms with Crippen LogP contribution in [-0.4, -0.2) is 45.5 Å². The molecule has 0 saturated heterocycles. The minimum Gasteiger partial charge on any atom is -0.480 e. The Balaban J connectivity index is 1.60. The summed E-state index contributed by atoms with van der Waals surface area (Å²) in [5, 5.41) is 11.8. The molecule has 31 heavy (non-hydrogen) atoms. The van der Waals surface area contributed by atoms with Gasteiger partial charge in [-0.3, -0.25) is 4.78 Å². The Hall–Kier alpha value is -2.87. The first-order valence-corrected chi connectivity index (χ1v) is 12.3. The van der Waals surface area contributed by atoms with Gasteiger partial charge in [0.2, 0.25) is 0 Å². The number of carboxylic acid groups (broad SMARTS) is 1. The summed E-state index contributed by atoms with van der Waals surface area (Å²) < 4.78 is 25.5. The second kappa shape index (κ2) is 9.96. The van der Waals surface area contributed by atoms with Crippen LogP contribution in [0.5, 0.6) is 0 Å². The first kappa shape index (κ1) is 22.8. The number of hydrogen-bond donors (Lipinski definition) is 3. The van der Waals surface area contributed by atoms with Gasteiger partial charge in [-0.25, -0.2) is 13.8 Å². The molecule has 2 unspecified atom stereocenters. The summed E-state index contributed by atoms with van der Waals surface area (Å²) in [6.07, 6.45) is 0.557. The monoisotopic (exact) mass is 444 g/mol. The maximum atomic E-state index is 12.3. The number of aliphatic carboxylic acids is 1. The van der Waals surface area contributed by atoms with Crippen molar-refractivity contribution in [3.05, 3.63) is 59.7 Å². The number of amides is 1. The van der Waals surface area contributed by atoms with Crippen LogP contribution in [0.15, 0.2) is 48.5 Å². The molecule has 7 nitrogen and oxygen atoms in total. The largest absolute Gasteiger partial charge is 0.480 e. The number of alkyl carbamates (subject to hydrolysis) is 1. The van der Waals surface area contributed by atoms with E-state index in [1.807, 2.05) is 55.5 Å². The molecule has 0 radical (unpaired) electrons. The van der Waals surface area contributed by atoms with Crippen LogP contribution in [0.2, 0.25) is 0 Å². The topological polar surface area (TPSA) is 117 Å². The van der Waals surface area contributed by atoms with Crippen LogP contribution in [0.25, 0.3) is 11.1 Å². The molecule has 0 aliphatic heterocycles. The zero-order valence-corrected chi connectivity index (χ0v) is 18.3. The number of carbonyl (C=O) groups is 2. The smallest absolute Gasteiger partial charge is 0.407 e. The maximum absolute atomic E-state index is 12.3. The lowest BCUT2D eigenvalue weighted by Gasteiger charge is -2.18. The van der Waals surface area contributed by atoms with E-state index < -0.39 is 27.8 Å². The molecule has 0 fully saturated rings. The highest BCUT2D eigenvalue weighted by Crippen LogP contribution is 2.44. The third kappa shape index (κ3) is 5.64. The molecule has 2 aromatic carbocycles. The Morgan fingerprint density at radius 1 is 1.10 bits per heavy atom. The number of carboxylic acids is 1. The van der Waals surface area contributed by atoms with Crippen molar-refractivity contribution in [3.63, 3.8) is 0 Å². The average molecular weight is 445 g/mol. The van der Waals surface area contributed by atoms with Gasteiger partial charge in [-0.05, 0) is 35.1 Å². The van der Waals surface area contributed by atoms with Crippen molar-refractivity contribution in [2.45, 2.75) is 38.1 Å². The van der Waals surface area contributed by atoms with E-state index >= 15 is 0 Å². The molecule has 0 spiro atoms. The molecule has 1 amide bonds. The highest BCUT2D eigenvalue weighted by molar-refractivity contribution is 7.92. The van der Waals surface area contributed by atoms with Crippen LogP contribution in [0, 0.1) is 4.78 Å². The van der Waals surface area contributed by atoms with Crippen LogP contribution in [0.3, 0.4) is 0 Å². The standard InChI is InChI=1S/C23H28N2O5S/c1-2-3-13-31(24,29)14-12-21(22(26)27)25-23(28)30-15-20-18-10-6-4-8-16(18)17-9-5-7-11-19(17)20/h4-11,20-21,24H,2-3,12-15H2,1H3,(H,25,28)(H,26,27). The molecule has 0 aromatic heterocycles. The van der Waals surface area contributed by atoms with E-state index in [2.05, 4.69) is 5.32 Å². The van der Waals surface area contributed by atoms with Gasteiger partial charge in [0.25, 0.3) is 0 Å². The summed E-state index contributed by atoms with van der Waals surface area (Å²) in [6, 6.07) is 14.6. The van der Waals surface area contributed by atoms with E-state index in [1.165, 1.54) is 0 Å². The molecule has 0 saturated carbocycles. The summed E-state index contributed by atoms with van der Waals surface area (Å²) >= 11 is 0. The molecular weight excluding hydrogens is 416 g/mol. The summed E-state index contributed by atoms with van der Waals surface area (Å²) in [7, 11) is -2.86. The number of rotatable bonds is 10. The third-order valence-electron chi connectivity index (χ3n) is 5.50. The first-order valence-electron chi connectivity index (χ1n) is 10.4. The molecule has 8 heteroatoms. The Bertz CT molecular complexity index is 1010. The lowest BCUT2D eigenvalue weighted by Crippen LogP contribution is -2.42. The summed E-state index contributed by atoms with van der Waals surface area (Å²) in [5.74, 6) is -1.20. The van der Waals surface area contributed by atoms with Crippen molar-refractivity contribution in [1.82, 2.24) is 5.32 Å². The molecule has 166 valence electrons. The predicted octanol–water partition coefficient (Wildman–Crippen LogP) is 4.22. The third-order valence-corrected chi connectivity index (χ3v) is 7.34. The van der Waals surface area contributed by atoms with Crippen molar-refractivity contribution >= 4 is 21.8 Å². The number of fused-ring (bicyclic) bond motifs is 3. The number of carbonyl (C=O) groups excluding carboxylic acids is 1. The van der Waals surface area contributed by atoms with E-state index in [4.69, 9.17) is 9.52 Å². The normalized spacial score (nSPS) is 15.4. The van der Waals surface area contributed by atoms with Gasteiger partial charge in [0.1, 0.15) is 12.6 Å². The second-order valence-electron chi connectivity index (χ2n) is 7.72. The molecule has 3 rings (SSSR count). The molecule has 1 aliphatic carbocycles. The summed E-state index contributed by atoms with van der Waals surface area (Å²) in [6.45, 7) is 2.02. The molecule has 3 N–H and O–H groups in total. The Labute approximate surface area is 182 Å². The zero-order chi connectivity index (χ0) is 22.4. The van der Waals surface area contributed by atoms with Gasteiger partial charge >= 0.3 is 12.1 Å². The molecule has 0 bridgehead atoms. The molecule has 1 aliphatic rings. The van der Waals surface area contributed by atoms with Crippen molar-refractivity contribution in [2.24, 2.45) is 0 Å². The summed E-state index contributed by atoms with van der Waals surface area (Å²) in [4.78, 5) is 23.8. The van der Waals surface area contributed by atoms with Crippen LogP contribution in [-0.2, 0) is 19.3 Å². The van der Waals surface area contributed by atoms with Gasteiger partial charge in [-0.1, -0.05) is 61.9 Å². The van der Waals surface area contributed by atoms with Crippen molar-refractivity contribution < 1.29 is 23.6 Å². The number of benzene rings is 2. The van der Waals surface area contributed by atoms with Crippen molar-refractivity contribution in [1.29, 1.82) is 4.78 Å². The van der Waals surface area contributed by atoms with Crippen LogP contribution >= 0.6 is 0 Å². The van der Waals surface area contributed by atoms with Crippen LogP contribution in [0.4, 0.5) is 4.79 Å². The maximum Gasteiger partial charge on any atom is 0.407 e. The lowest BCUT2D eigenvalue weighted by atomic mass is 9.98.